The summed E-state index contributed by atoms with van der Waals surface area (Å²) in [5, 5.41) is 0.952. The van der Waals surface area contributed by atoms with Crippen LogP contribution in [-0.4, -0.2) is 28.9 Å². The average Bonchev–Trinajstić information content (AvgIpc) is 2.68. The van der Waals surface area contributed by atoms with Crippen molar-refractivity contribution in [2.24, 2.45) is 11.8 Å². The number of likely N-dealkylation sites (tertiary alicyclic amines) is 1. The lowest BCUT2D eigenvalue weighted by atomic mass is 9.91. The van der Waals surface area contributed by atoms with Crippen molar-refractivity contribution in [3.05, 3.63) is 64.7 Å². The Hall–Kier alpha value is -2.68. The number of carbonyl (C=O) groups excluding carboxylic acids is 1. The quantitative estimate of drug-likeness (QED) is 0.546. The number of aromatic nitrogens is 1. The normalized spacial score (nSPS) is 19.6. The molecule has 1 saturated heterocycles. The molecule has 0 N–H and O–H groups in total. The molecule has 3 heteroatoms. The Morgan fingerprint density at radius 2 is 1.66 bits per heavy atom. The number of piperidine rings is 1. The van der Waals surface area contributed by atoms with Crippen LogP contribution in [0.3, 0.4) is 0 Å². The van der Waals surface area contributed by atoms with Gasteiger partial charge >= 0.3 is 0 Å². The van der Waals surface area contributed by atoms with Gasteiger partial charge in [0.1, 0.15) is 0 Å². The zero-order chi connectivity index (χ0) is 20.7. The summed E-state index contributed by atoms with van der Waals surface area (Å²) < 4.78 is 0. The molecule has 0 aliphatic carbocycles. The molecule has 1 amide bonds. The fourth-order valence-corrected chi connectivity index (χ4v) is 4.62. The van der Waals surface area contributed by atoms with E-state index in [2.05, 4.69) is 58.9 Å². The molecule has 1 aliphatic rings. The van der Waals surface area contributed by atoms with Gasteiger partial charge < -0.3 is 4.90 Å². The first-order valence-electron chi connectivity index (χ1n) is 10.6. The zero-order valence-electron chi connectivity index (χ0n) is 18.1. The highest BCUT2D eigenvalue weighted by Gasteiger charge is 2.27. The Morgan fingerprint density at radius 3 is 2.34 bits per heavy atom. The average molecular weight is 387 g/mol. The fraction of sp³-hybridized carbons (Fsp3) is 0.385. The monoisotopic (exact) mass is 386 g/mol. The number of rotatable bonds is 2. The van der Waals surface area contributed by atoms with Crippen molar-refractivity contribution >= 4 is 16.8 Å². The number of para-hydroxylation sites is 1. The van der Waals surface area contributed by atoms with Crippen LogP contribution in [0.4, 0.5) is 0 Å². The number of benzene rings is 2. The van der Waals surface area contributed by atoms with Gasteiger partial charge in [-0.2, -0.15) is 0 Å². The summed E-state index contributed by atoms with van der Waals surface area (Å²) in [6.45, 7) is 12.4. The Labute approximate surface area is 173 Å². The van der Waals surface area contributed by atoms with Crippen LogP contribution in [0.15, 0.2) is 42.5 Å². The zero-order valence-corrected chi connectivity index (χ0v) is 18.1. The summed E-state index contributed by atoms with van der Waals surface area (Å²) >= 11 is 0. The molecule has 4 rings (SSSR count). The molecule has 3 nitrogen and oxygen atoms in total. The molecule has 0 saturated carbocycles. The van der Waals surface area contributed by atoms with Crippen molar-refractivity contribution in [2.45, 2.75) is 41.0 Å². The van der Waals surface area contributed by atoms with Crippen molar-refractivity contribution in [2.75, 3.05) is 13.1 Å². The Morgan fingerprint density at radius 1 is 0.931 bits per heavy atom. The van der Waals surface area contributed by atoms with Crippen LogP contribution in [-0.2, 0) is 0 Å². The fourth-order valence-electron chi connectivity index (χ4n) is 4.62. The van der Waals surface area contributed by atoms with Gasteiger partial charge in [0.15, 0.2) is 0 Å². The number of nitrogens with zero attached hydrogens (tertiary/aromatic N) is 2. The lowest BCUT2D eigenvalue weighted by Crippen LogP contribution is -2.42. The molecule has 150 valence electrons. The van der Waals surface area contributed by atoms with Crippen LogP contribution in [0.25, 0.3) is 22.2 Å². The van der Waals surface area contributed by atoms with Gasteiger partial charge in [0.25, 0.3) is 5.91 Å². The second kappa shape index (κ2) is 7.62. The molecule has 2 heterocycles. The first-order valence-corrected chi connectivity index (χ1v) is 10.6. The first-order chi connectivity index (χ1) is 13.8. The van der Waals surface area contributed by atoms with Gasteiger partial charge in [0.2, 0.25) is 0 Å². The van der Waals surface area contributed by atoms with Gasteiger partial charge in [-0.3, -0.25) is 4.79 Å². The lowest BCUT2D eigenvalue weighted by Gasteiger charge is -2.35. The van der Waals surface area contributed by atoms with E-state index < -0.39 is 0 Å². The van der Waals surface area contributed by atoms with E-state index in [4.69, 9.17) is 4.98 Å². The maximum atomic E-state index is 13.6. The second-order valence-electron chi connectivity index (χ2n) is 8.98. The minimum Gasteiger partial charge on any atom is -0.338 e. The summed E-state index contributed by atoms with van der Waals surface area (Å²) in [5.74, 6) is 1.21. The Balaban J connectivity index is 1.87. The van der Waals surface area contributed by atoms with E-state index >= 15 is 0 Å². The maximum Gasteiger partial charge on any atom is 0.254 e. The summed E-state index contributed by atoms with van der Waals surface area (Å²) in [7, 11) is 0. The molecule has 29 heavy (non-hydrogen) atoms. The molecule has 0 spiro atoms. The SMILES string of the molecule is Cc1ccc(-c2cc(C(=O)N3CC(C)CC(C)C3)c3cccc(C)c3n2)cc1C. The molecular weight excluding hydrogens is 356 g/mol. The molecule has 2 unspecified atom stereocenters. The van der Waals surface area contributed by atoms with E-state index in [1.807, 2.05) is 23.1 Å². The molecule has 1 fully saturated rings. The van der Waals surface area contributed by atoms with Crippen molar-refractivity contribution in [1.29, 1.82) is 0 Å². The van der Waals surface area contributed by atoms with E-state index in [1.54, 1.807) is 0 Å². The summed E-state index contributed by atoms with van der Waals surface area (Å²) in [6.07, 6.45) is 1.19. The lowest BCUT2D eigenvalue weighted by molar-refractivity contribution is 0.0625. The van der Waals surface area contributed by atoms with Gasteiger partial charge in [0.05, 0.1) is 16.8 Å². The molecule has 3 aromatic rings. The molecule has 2 atom stereocenters. The predicted molar refractivity (Wildman–Crippen MR) is 120 cm³/mol. The van der Waals surface area contributed by atoms with Gasteiger partial charge in [-0.15, -0.1) is 0 Å². The molecular formula is C26H30N2O. The van der Waals surface area contributed by atoms with E-state index in [1.165, 1.54) is 17.5 Å². The predicted octanol–water partition coefficient (Wildman–Crippen LogP) is 5.95. The third kappa shape index (κ3) is 3.78. The van der Waals surface area contributed by atoms with Crippen LogP contribution in [0, 0.1) is 32.6 Å². The van der Waals surface area contributed by atoms with Crippen LogP contribution in [0.1, 0.15) is 47.3 Å². The minimum absolute atomic E-state index is 0.131. The molecule has 1 aliphatic heterocycles. The van der Waals surface area contributed by atoms with E-state index in [0.29, 0.717) is 11.8 Å². The number of amides is 1. The smallest absolute Gasteiger partial charge is 0.254 e. The molecule has 0 radical (unpaired) electrons. The molecule has 0 bridgehead atoms. The van der Waals surface area contributed by atoms with Gasteiger partial charge in [-0.25, -0.2) is 4.98 Å². The van der Waals surface area contributed by atoms with Crippen LogP contribution in [0.5, 0.6) is 0 Å². The first kappa shape index (κ1) is 19.6. The molecule has 2 aromatic carbocycles. The number of pyridine rings is 1. The van der Waals surface area contributed by atoms with Gasteiger partial charge in [-0.1, -0.05) is 44.2 Å². The largest absolute Gasteiger partial charge is 0.338 e. The van der Waals surface area contributed by atoms with Crippen molar-refractivity contribution in [1.82, 2.24) is 9.88 Å². The standard InChI is InChI=1S/C26H30N2O/c1-16-11-17(2)15-28(14-16)26(29)23-13-24(21-10-9-18(3)20(5)12-21)27-25-19(4)7-6-8-22(23)25/h6-10,12-13,16-17H,11,14-15H2,1-5H3. The summed E-state index contributed by atoms with van der Waals surface area (Å²) in [6, 6.07) is 14.5. The molecule has 1 aromatic heterocycles. The third-order valence-corrected chi connectivity index (χ3v) is 6.23. The topological polar surface area (TPSA) is 33.2 Å². The third-order valence-electron chi connectivity index (χ3n) is 6.23. The minimum atomic E-state index is 0.131. The number of hydrogen-bond acceptors (Lipinski definition) is 2. The van der Waals surface area contributed by atoms with Gasteiger partial charge in [-0.05, 0) is 67.9 Å². The van der Waals surface area contributed by atoms with E-state index in [9.17, 15) is 4.79 Å². The van der Waals surface area contributed by atoms with E-state index in [0.717, 1.165) is 46.4 Å². The van der Waals surface area contributed by atoms with Crippen LogP contribution >= 0.6 is 0 Å². The summed E-state index contributed by atoms with van der Waals surface area (Å²) in [4.78, 5) is 20.6. The van der Waals surface area contributed by atoms with Crippen molar-refractivity contribution in [3.63, 3.8) is 0 Å². The Bertz CT molecular complexity index is 1080. The Kier molecular flexibility index (Phi) is 5.16. The van der Waals surface area contributed by atoms with E-state index in [-0.39, 0.29) is 5.91 Å². The van der Waals surface area contributed by atoms with Crippen LogP contribution in [0.2, 0.25) is 0 Å². The van der Waals surface area contributed by atoms with Crippen molar-refractivity contribution in [3.8, 4) is 11.3 Å². The number of hydrogen-bond donors (Lipinski definition) is 0. The number of fused-ring (bicyclic) bond motifs is 1. The highest BCUT2D eigenvalue weighted by Crippen LogP contribution is 2.30. The highest BCUT2D eigenvalue weighted by molar-refractivity contribution is 6.07. The summed E-state index contributed by atoms with van der Waals surface area (Å²) in [5.41, 5.74) is 7.23. The number of carbonyl (C=O) groups is 1. The van der Waals surface area contributed by atoms with Crippen LogP contribution < -0.4 is 0 Å². The number of aryl methyl sites for hydroxylation is 3. The maximum absolute atomic E-state index is 13.6. The van der Waals surface area contributed by atoms with Crippen molar-refractivity contribution < 1.29 is 4.79 Å². The van der Waals surface area contributed by atoms with Gasteiger partial charge in [0, 0.05) is 24.0 Å². The highest BCUT2D eigenvalue weighted by atomic mass is 16.2. The second-order valence-corrected chi connectivity index (χ2v) is 8.98.